The number of ether oxygens (including phenoxy) is 3. The van der Waals surface area contributed by atoms with Gasteiger partial charge in [0, 0.05) is 6.42 Å². The molecule has 0 aliphatic carbocycles. The molecule has 0 aliphatic heterocycles. The molecule has 1 atom stereocenters. The van der Waals surface area contributed by atoms with E-state index in [1.54, 1.807) is 51.1 Å². The van der Waals surface area contributed by atoms with Crippen LogP contribution < -0.4 is 10.1 Å². The normalized spacial score (nSPS) is 12.0. The molecule has 0 saturated heterocycles. The first-order valence-electron chi connectivity index (χ1n) is 7.54. The third-order valence-corrected chi connectivity index (χ3v) is 2.79. The lowest BCUT2D eigenvalue weighted by molar-refractivity contribution is -0.143. The molecule has 0 aliphatic rings. The maximum absolute atomic E-state index is 11.8. The number of nitrogens with one attached hydrogen (secondary N) is 1. The van der Waals surface area contributed by atoms with Gasteiger partial charge in [-0.3, -0.25) is 4.79 Å². The van der Waals surface area contributed by atoms with Gasteiger partial charge < -0.3 is 19.5 Å². The van der Waals surface area contributed by atoms with Crippen molar-refractivity contribution in [2.75, 3.05) is 7.11 Å². The van der Waals surface area contributed by atoms with Crippen molar-refractivity contribution in [2.24, 2.45) is 0 Å². The summed E-state index contributed by atoms with van der Waals surface area (Å²) in [7, 11) is 1.20. The Kier molecular flexibility index (Phi) is 7.23. The fraction of sp³-hybridized carbons (Fsp3) is 0.471. The van der Waals surface area contributed by atoms with Crippen molar-refractivity contribution < 1.29 is 28.6 Å². The minimum Gasteiger partial charge on any atom is -0.467 e. The molecule has 7 heteroatoms. The van der Waals surface area contributed by atoms with E-state index < -0.39 is 29.7 Å². The van der Waals surface area contributed by atoms with Gasteiger partial charge in [0.2, 0.25) is 0 Å². The van der Waals surface area contributed by atoms with Gasteiger partial charge in [0.15, 0.2) is 0 Å². The highest BCUT2D eigenvalue weighted by Crippen LogP contribution is 2.11. The summed E-state index contributed by atoms with van der Waals surface area (Å²) in [6, 6.07) is 7.58. The number of hydrogen-bond acceptors (Lipinski definition) is 6. The van der Waals surface area contributed by atoms with E-state index in [1.807, 2.05) is 0 Å². The van der Waals surface area contributed by atoms with Gasteiger partial charge in [0.1, 0.15) is 17.4 Å². The van der Waals surface area contributed by atoms with Crippen molar-refractivity contribution in [1.82, 2.24) is 5.32 Å². The summed E-state index contributed by atoms with van der Waals surface area (Å²) in [5, 5.41) is 2.40. The Morgan fingerprint density at radius 2 is 1.75 bits per heavy atom. The highest BCUT2D eigenvalue weighted by atomic mass is 16.6. The number of methoxy groups -OCH3 is 1. The third kappa shape index (κ3) is 7.62. The second kappa shape index (κ2) is 8.90. The Morgan fingerprint density at radius 3 is 2.29 bits per heavy atom. The van der Waals surface area contributed by atoms with Crippen molar-refractivity contribution in [3.63, 3.8) is 0 Å². The second-order valence-electron chi connectivity index (χ2n) is 6.05. The summed E-state index contributed by atoms with van der Waals surface area (Å²) >= 11 is 0. The first-order chi connectivity index (χ1) is 11.2. The Bertz CT molecular complexity index is 564. The minimum atomic E-state index is -0.992. The van der Waals surface area contributed by atoms with Crippen LogP contribution in [0.25, 0.3) is 0 Å². The summed E-state index contributed by atoms with van der Waals surface area (Å²) in [5.41, 5.74) is -0.697. The molecule has 0 saturated carbocycles. The zero-order chi connectivity index (χ0) is 18.2. The highest BCUT2D eigenvalue weighted by molar-refractivity contribution is 5.82. The van der Waals surface area contributed by atoms with Crippen LogP contribution in [0.5, 0.6) is 5.75 Å². The maximum atomic E-state index is 11.8. The van der Waals surface area contributed by atoms with E-state index in [-0.39, 0.29) is 12.8 Å². The van der Waals surface area contributed by atoms with Crippen LogP contribution in [0, 0.1) is 0 Å². The maximum Gasteiger partial charge on any atom is 0.408 e. The standard InChI is InChI=1S/C17H23NO6/c1-17(2,3)24-16(21)18-13(15(20)22-4)10-11-14(19)23-12-8-6-5-7-9-12/h5-9,13H,10-11H2,1-4H3,(H,18,21)/t13-/m0/s1. The molecule has 0 radical (unpaired) electrons. The molecule has 1 N–H and O–H groups in total. The Labute approximate surface area is 141 Å². The van der Waals surface area contributed by atoms with Crippen molar-refractivity contribution in [1.29, 1.82) is 0 Å². The molecule has 1 amide bonds. The van der Waals surface area contributed by atoms with E-state index in [2.05, 4.69) is 10.1 Å². The number of carbonyl (C=O) groups excluding carboxylic acids is 3. The van der Waals surface area contributed by atoms with Gasteiger partial charge in [-0.1, -0.05) is 18.2 Å². The van der Waals surface area contributed by atoms with Crippen LogP contribution in [0.15, 0.2) is 30.3 Å². The van der Waals surface area contributed by atoms with E-state index in [0.29, 0.717) is 5.75 Å². The van der Waals surface area contributed by atoms with Crippen LogP contribution in [0.1, 0.15) is 33.6 Å². The van der Waals surface area contributed by atoms with E-state index in [4.69, 9.17) is 9.47 Å². The molecule has 0 spiro atoms. The lowest BCUT2D eigenvalue weighted by Crippen LogP contribution is -2.44. The Morgan fingerprint density at radius 1 is 1.12 bits per heavy atom. The molecule has 0 heterocycles. The number of hydrogen-bond donors (Lipinski definition) is 1. The fourth-order valence-electron chi connectivity index (χ4n) is 1.77. The lowest BCUT2D eigenvalue weighted by Gasteiger charge is -2.22. The number of amides is 1. The molecule has 0 unspecified atom stereocenters. The molecule has 0 bridgehead atoms. The number of rotatable bonds is 6. The van der Waals surface area contributed by atoms with Gasteiger partial charge in [-0.15, -0.1) is 0 Å². The topological polar surface area (TPSA) is 90.9 Å². The van der Waals surface area contributed by atoms with Crippen molar-refractivity contribution in [3.05, 3.63) is 30.3 Å². The van der Waals surface area contributed by atoms with E-state index >= 15 is 0 Å². The molecular weight excluding hydrogens is 314 g/mol. The van der Waals surface area contributed by atoms with E-state index in [0.717, 1.165) is 0 Å². The smallest absolute Gasteiger partial charge is 0.408 e. The van der Waals surface area contributed by atoms with Crippen LogP contribution in [0.2, 0.25) is 0 Å². The van der Waals surface area contributed by atoms with Gasteiger partial charge in [-0.25, -0.2) is 9.59 Å². The van der Waals surface area contributed by atoms with E-state index in [9.17, 15) is 14.4 Å². The van der Waals surface area contributed by atoms with Crippen molar-refractivity contribution in [2.45, 2.75) is 45.3 Å². The van der Waals surface area contributed by atoms with Crippen molar-refractivity contribution in [3.8, 4) is 5.75 Å². The summed E-state index contributed by atoms with van der Waals surface area (Å²) < 4.78 is 14.9. The largest absolute Gasteiger partial charge is 0.467 e. The molecule has 1 aromatic rings. The molecule has 7 nitrogen and oxygen atoms in total. The van der Waals surface area contributed by atoms with Crippen LogP contribution in [-0.2, 0) is 19.1 Å². The highest BCUT2D eigenvalue weighted by Gasteiger charge is 2.25. The number of para-hydroxylation sites is 1. The zero-order valence-corrected chi connectivity index (χ0v) is 14.3. The first-order valence-corrected chi connectivity index (χ1v) is 7.54. The van der Waals surface area contributed by atoms with Gasteiger partial charge in [-0.2, -0.15) is 0 Å². The lowest BCUT2D eigenvalue weighted by atomic mass is 10.1. The molecule has 24 heavy (non-hydrogen) atoms. The van der Waals surface area contributed by atoms with Gasteiger partial charge in [-0.05, 0) is 39.3 Å². The summed E-state index contributed by atoms with van der Waals surface area (Å²) in [4.78, 5) is 35.3. The first kappa shape index (κ1) is 19.5. The summed E-state index contributed by atoms with van der Waals surface area (Å²) in [5.74, 6) is -0.758. The minimum absolute atomic E-state index is 0.0393. The summed E-state index contributed by atoms with van der Waals surface area (Å²) in [6.07, 6.45) is -0.781. The Balaban J connectivity index is 2.55. The Hall–Kier alpha value is -2.57. The summed E-state index contributed by atoms with van der Waals surface area (Å²) in [6.45, 7) is 5.12. The number of benzene rings is 1. The third-order valence-electron chi connectivity index (χ3n) is 2.79. The van der Waals surface area contributed by atoms with Gasteiger partial charge in [0.05, 0.1) is 7.11 Å². The molecule has 1 aromatic carbocycles. The van der Waals surface area contributed by atoms with Crippen molar-refractivity contribution >= 4 is 18.0 Å². The predicted molar refractivity (Wildman–Crippen MR) is 86.5 cm³/mol. The molecule has 0 fully saturated rings. The molecule has 132 valence electrons. The molecule has 0 aromatic heterocycles. The van der Waals surface area contributed by atoms with Crippen LogP contribution in [0.3, 0.4) is 0 Å². The van der Waals surface area contributed by atoms with Crippen LogP contribution >= 0.6 is 0 Å². The molecular formula is C17H23NO6. The SMILES string of the molecule is COC(=O)[C@H](CCC(=O)Oc1ccccc1)NC(=O)OC(C)(C)C. The van der Waals surface area contributed by atoms with Gasteiger partial charge in [0.25, 0.3) is 0 Å². The quantitative estimate of drug-likeness (QED) is 0.633. The number of alkyl carbamates (subject to hydrolysis) is 1. The number of carbonyl (C=O) groups is 3. The second-order valence-corrected chi connectivity index (χ2v) is 6.05. The zero-order valence-electron chi connectivity index (χ0n) is 14.3. The van der Waals surface area contributed by atoms with Gasteiger partial charge >= 0.3 is 18.0 Å². The monoisotopic (exact) mass is 337 g/mol. The fourth-order valence-corrected chi connectivity index (χ4v) is 1.77. The van der Waals surface area contributed by atoms with E-state index in [1.165, 1.54) is 7.11 Å². The van der Waals surface area contributed by atoms with Crippen LogP contribution in [-0.4, -0.2) is 36.8 Å². The predicted octanol–water partition coefficient (Wildman–Crippen LogP) is 2.44. The average molecular weight is 337 g/mol. The number of esters is 2. The van der Waals surface area contributed by atoms with Crippen LogP contribution in [0.4, 0.5) is 4.79 Å². The molecule has 1 rings (SSSR count). The average Bonchev–Trinajstić information content (AvgIpc) is 2.49.